The summed E-state index contributed by atoms with van der Waals surface area (Å²) in [4.78, 5) is 3.20. The molecule has 0 spiro atoms. The number of nitriles is 1. The molecule has 1 aromatic carbocycles. The summed E-state index contributed by atoms with van der Waals surface area (Å²) in [5.74, 6) is 0.812. The zero-order valence-electron chi connectivity index (χ0n) is 10.2. The molecule has 1 aromatic heterocycles. The van der Waals surface area contributed by atoms with E-state index in [4.69, 9.17) is 4.74 Å². The lowest BCUT2D eigenvalue weighted by Crippen LogP contribution is -2.21. The molecule has 0 amide bonds. The zero-order valence-corrected chi connectivity index (χ0v) is 10.2. The number of H-pyrrole nitrogens is 1. The molecule has 3 rings (SSSR count). The van der Waals surface area contributed by atoms with Crippen molar-refractivity contribution in [3.8, 4) is 11.8 Å². The van der Waals surface area contributed by atoms with Crippen LogP contribution in [0.5, 0.6) is 5.75 Å². The third-order valence-electron chi connectivity index (χ3n) is 3.34. The van der Waals surface area contributed by atoms with Crippen molar-refractivity contribution in [3.05, 3.63) is 30.0 Å². The normalized spacial score (nSPS) is 16.4. The molecule has 4 heteroatoms. The van der Waals surface area contributed by atoms with Crippen LogP contribution in [0.4, 0.5) is 0 Å². The molecular formula is C14H15N3O. The number of hydrogen-bond donors (Lipinski definition) is 2. The first-order chi connectivity index (χ1) is 8.81. The number of hydrogen-bond acceptors (Lipinski definition) is 3. The van der Waals surface area contributed by atoms with E-state index in [9.17, 15) is 5.26 Å². The minimum atomic E-state index is -0.252. The van der Waals surface area contributed by atoms with Crippen molar-refractivity contribution in [3.63, 3.8) is 0 Å². The highest BCUT2D eigenvalue weighted by atomic mass is 16.5. The Kier molecular flexibility index (Phi) is 2.69. The Labute approximate surface area is 106 Å². The molecule has 4 nitrogen and oxygen atoms in total. The summed E-state index contributed by atoms with van der Waals surface area (Å²) in [6.45, 7) is 0. The van der Waals surface area contributed by atoms with E-state index in [0.717, 1.165) is 22.2 Å². The van der Waals surface area contributed by atoms with Crippen molar-refractivity contribution >= 4 is 10.9 Å². The Balaban J connectivity index is 2.01. The second-order valence-electron chi connectivity index (χ2n) is 4.66. The summed E-state index contributed by atoms with van der Waals surface area (Å²) in [7, 11) is 1.65. The predicted molar refractivity (Wildman–Crippen MR) is 69.4 cm³/mol. The van der Waals surface area contributed by atoms with Crippen LogP contribution in [0.3, 0.4) is 0 Å². The van der Waals surface area contributed by atoms with Gasteiger partial charge in [0.2, 0.25) is 0 Å². The minimum absolute atomic E-state index is 0.252. The van der Waals surface area contributed by atoms with Crippen molar-refractivity contribution in [1.29, 1.82) is 5.26 Å². The quantitative estimate of drug-likeness (QED) is 0.864. The SMILES string of the molecule is COc1ccc2[nH]cc(C(C#N)NC3CC3)c2c1. The molecule has 92 valence electrons. The summed E-state index contributed by atoms with van der Waals surface area (Å²) >= 11 is 0. The monoisotopic (exact) mass is 241 g/mol. The van der Waals surface area contributed by atoms with Crippen LogP contribution in [-0.4, -0.2) is 18.1 Å². The van der Waals surface area contributed by atoms with Gasteiger partial charge in [0.15, 0.2) is 0 Å². The van der Waals surface area contributed by atoms with E-state index >= 15 is 0 Å². The van der Waals surface area contributed by atoms with Gasteiger partial charge in [0.25, 0.3) is 0 Å². The molecule has 2 N–H and O–H groups in total. The summed E-state index contributed by atoms with van der Waals surface area (Å²) < 4.78 is 5.24. The Morgan fingerprint density at radius 1 is 1.50 bits per heavy atom. The number of methoxy groups -OCH3 is 1. The van der Waals surface area contributed by atoms with Gasteiger partial charge >= 0.3 is 0 Å². The largest absolute Gasteiger partial charge is 0.497 e. The van der Waals surface area contributed by atoms with E-state index in [-0.39, 0.29) is 6.04 Å². The van der Waals surface area contributed by atoms with E-state index in [2.05, 4.69) is 16.4 Å². The Bertz CT molecular complexity index is 607. The van der Waals surface area contributed by atoms with Gasteiger partial charge in [-0.3, -0.25) is 5.32 Å². The predicted octanol–water partition coefficient (Wildman–Crippen LogP) is 2.49. The van der Waals surface area contributed by atoms with Crippen molar-refractivity contribution in [2.45, 2.75) is 24.9 Å². The molecule has 18 heavy (non-hydrogen) atoms. The van der Waals surface area contributed by atoms with Crippen LogP contribution in [0.2, 0.25) is 0 Å². The molecule has 1 atom stereocenters. The van der Waals surface area contributed by atoms with Crippen molar-refractivity contribution < 1.29 is 4.74 Å². The Hall–Kier alpha value is -1.99. The molecule has 1 heterocycles. The number of nitrogens with one attached hydrogen (secondary N) is 2. The third-order valence-corrected chi connectivity index (χ3v) is 3.34. The van der Waals surface area contributed by atoms with Gasteiger partial charge in [0, 0.05) is 28.7 Å². The molecule has 1 aliphatic carbocycles. The van der Waals surface area contributed by atoms with Gasteiger partial charge in [-0.15, -0.1) is 0 Å². The van der Waals surface area contributed by atoms with Crippen LogP contribution in [-0.2, 0) is 0 Å². The highest BCUT2D eigenvalue weighted by molar-refractivity contribution is 5.85. The average Bonchev–Trinajstić information content (AvgIpc) is 3.13. The maximum absolute atomic E-state index is 9.30. The Morgan fingerprint density at radius 2 is 2.33 bits per heavy atom. The van der Waals surface area contributed by atoms with E-state index < -0.39 is 0 Å². The van der Waals surface area contributed by atoms with Crippen LogP contribution in [0.25, 0.3) is 10.9 Å². The lowest BCUT2D eigenvalue weighted by atomic mass is 10.1. The fourth-order valence-corrected chi connectivity index (χ4v) is 2.17. The fourth-order valence-electron chi connectivity index (χ4n) is 2.17. The zero-order chi connectivity index (χ0) is 12.5. The van der Waals surface area contributed by atoms with E-state index in [1.165, 1.54) is 12.8 Å². The lowest BCUT2D eigenvalue weighted by Gasteiger charge is -2.10. The molecule has 1 aliphatic rings. The molecular weight excluding hydrogens is 226 g/mol. The van der Waals surface area contributed by atoms with Gasteiger partial charge in [-0.1, -0.05) is 0 Å². The Morgan fingerprint density at radius 3 is 3.00 bits per heavy atom. The maximum atomic E-state index is 9.30. The second kappa shape index (κ2) is 4.35. The molecule has 1 fully saturated rings. The smallest absolute Gasteiger partial charge is 0.123 e. The van der Waals surface area contributed by atoms with Crippen LogP contribution in [0.15, 0.2) is 24.4 Å². The highest BCUT2D eigenvalue weighted by Crippen LogP contribution is 2.30. The van der Waals surface area contributed by atoms with Gasteiger partial charge in [-0.2, -0.15) is 5.26 Å². The van der Waals surface area contributed by atoms with Crippen molar-refractivity contribution in [2.75, 3.05) is 7.11 Å². The van der Waals surface area contributed by atoms with E-state index in [0.29, 0.717) is 6.04 Å². The summed E-state index contributed by atoms with van der Waals surface area (Å²) in [5.41, 5.74) is 2.03. The van der Waals surface area contributed by atoms with Crippen LogP contribution in [0, 0.1) is 11.3 Å². The first-order valence-electron chi connectivity index (χ1n) is 6.12. The van der Waals surface area contributed by atoms with Crippen LogP contribution in [0.1, 0.15) is 24.4 Å². The molecule has 0 saturated heterocycles. The first-order valence-corrected chi connectivity index (χ1v) is 6.12. The minimum Gasteiger partial charge on any atom is -0.497 e. The fraction of sp³-hybridized carbons (Fsp3) is 0.357. The van der Waals surface area contributed by atoms with Gasteiger partial charge in [-0.25, -0.2) is 0 Å². The first kappa shape index (κ1) is 11.1. The molecule has 2 aromatic rings. The topological polar surface area (TPSA) is 60.8 Å². The van der Waals surface area contributed by atoms with Crippen LogP contribution < -0.4 is 10.1 Å². The number of ether oxygens (including phenoxy) is 1. The van der Waals surface area contributed by atoms with Crippen molar-refractivity contribution in [2.24, 2.45) is 0 Å². The third kappa shape index (κ3) is 1.93. The number of nitrogens with zero attached hydrogens (tertiary/aromatic N) is 1. The lowest BCUT2D eigenvalue weighted by molar-refractivity contribution is 0.415. The molecule has 0 radical (unpaired) electrons. The summed E-state index contributed by atoms with van der Waals surface area (Å²) in [6, 6.07) is 8.45. The molecule has 0 bridgehead atoms. The molecule has 1 saturated carbocycles. The van der Waals surface area contributed by atoms with Gasteiger partial charge < -0.3 is 9.72 Å². The number of fused-ring (bicyclic) bond motifs is 1. The molecule has 0 aliphatic heterocycles. The van der Waals surface area contributed by atoms with Crippen molar-refractivity contribution in [1.82, 2.24) is 10.3 Å². The summed E-state index contributed by atoms with van der Waals surface area (Å²) in [5, 5.41) is 13.7. The number of aromatic amines is 1. The van der Waals surface area contributed by atoms with E-state index in [1.54, 1.807) is 7.11 Å². The highest BCUT2D eigenvalue weighted by Gasteiger charge is 2.26. The van der Waals surface area contributed by atoms with Gasteiger partial charge in [0.1, 0.15) is 11.8 Å². The standard InChI is InChI=1S/C14H15N3O/c1-18-10-4-5-13-11(6-10)12(8-16-13)14(7-15)17-9-2-3-9/h4-6,8-9,14,16-17H,2-3H2,1H3. The van der Waals surface area contributed by atoms with Gasteiger partial charge in [0.05, 0.1) is 13.2 Å². The number of rotatable bonds is 4. The number of benzene rings is 1. The second-order valence-corrected chi connectivity index (χ2v) is 4.66. The van der Waals surface area contributed by atoms with E-state index in [1.807, 2.05) is 24.4 Å². The average molecular weight is 241 g/mol. The summed E-state index contributed by atoms with van der Waals surface area (Å²) in [6.07, 6.45) is 4.25. The molecule has 1 unspecified atom stereocenters. The van der Waals surface area contributed by atoms with Gasteiger partial charge in [-0.05, 0) is 31.0 Å². The maximum Gasteiger partial charge on any atom is 0.123 e. The number of aromatic nitrogens is 1. The van der Waals surface area contributed by atoms with Crippen LogP contribution >= 0.6 is 0 Å².